The molecule has 82 valence electrons. The summed E-state index contributed by atoms with van der Waals surface area (Å²) in [7, 11) is 0. The molecule has 0 atom stereocenters. The summed E-state index contributed by atoms with van der Waals surface area (Å²) in [5, 5.41) is 0. The third kappa shape index (κ3) is 2.16. The molecule has 0 aliphatic heterocycles. The maximum absolute atomic E-state index is 13.7. The summed E-state index contributed by atoms with van der Waals surface area (Å²) in [5.74, 6) is -0.0198. The summed E-state index contributed by atoms with van der Waals surface area (Å²) in [4.78, 5) is 0. The molecule has 1 fully saturated rings. The minimum absolute atomic E-state index is 0.190. The van der Waals surface area contributed by atoms with E-state index in [1.165, 1.54) is 6.42 Å². The SMILES string of the molecule is NCc1ccc(OC2CCC2)c(F)c1Br. The van der Waals surface area contributed by atoms with Gasteiger partial charge in [-0.15, -0.1) is 0 Å². The van der Waals surface area contributed by atoms with Crippen LogP contribution in [0.25, 0.3) is 0 Å². The zero-order chi connectivity index (χ0) is 10.8. The highest BCUT2D eigenvalue weighted by atomic mass is 79.9. The van der Waals surface area contributed by atoms with Crippen LogP contribution in [0.1, 0.15) is 24.8 Å². The Morgan fingerprint density at radius 1 is 1.47 bits per heavy atom. The average Bonchev–Trinajstić information content (AvgIpc) is 2.18. The van der Waals surface area contributed by atoms with E-state index in [4.69, 9.17) is 10.5 Å². The van der Waals surface area contributed by atoms with E-state index in [1.54, 1.807) is 12.1 Å². The van der Waals surface area contributed by atoms with Crippen molar-refractivity contribution >= 4 is 15.9 Å². The van der Waals surface area contributed by atoms with Gasteiger partial charge in [0.1, 0.15) is 0 Å². The van der Waals surface area contributed by atoms with Gasteiger partial charge in [-0.2, -0.15) is 0 Å². The zero-order valence-corrected chi connectivity index (χ0v) is 9.89. The van der Waals surface area contributed by atoms with Crippen molar-refractivity contribution in [1.82, 2.24) is 0 Å². The molecule has 15 heavy (non-hydrogen) atoms. The molecule has 0 heterocycles. The van der Waals surface area contributed by atoms with Crippen LogP contribution in [-0.2, 0) is 6.54 Å². The van der Waals surface area contributed by atoms with E-state index in [9.17, 15) is 4.39 Å². The summed E-state index contributed by atoms with van der Waals surface area (Å²) in [6.45, 7) is 0.321. The Labute approximate surface area is 96.7 Å². The Balaban J connectivity index is 2.20. The molecule has 1 saturated carbocycles. The van der Waals surface area contributed by atoms with Crippen LogP contribution in [0.4, 0.5) is 4.39 Å². The van der Waals surface area contributed by atoms with Crippen LogP contribution in [0.3, 0.4) is 0 Å². The number of ether oxygens (including phenoxy) is 1. The summed E-state index contributed by atoms with van der Waals surface area (Å²) in [5.41, 5.74) is 6.23. The minimum atomic E-state index is -0.343. The largest absolute Gasteiger partial charge is 0.487 e. The monoisotopic (exact) mass is 273 g/mol. The first-order valence-corrected chi connectivity index (χ1v) is 5.85. The van der Waals surface area contributed by atoms with Gasteiger partial charge < -0.3 is 10.5 Å². The molecule has 0 radical (unpaired) electrons. The van der Waals surface area contributed by atoms with Gasteiger partial charge in [-0.3, -0.25) is 0 Å². The maximum Gasteiger partial charge on any atom is 0.179 e. The smallest absolute Gasteiger partial charge is 0.179 e. The Bertz CT molecular complexity index is 366. The van der Waals surface area contributed by atoms with Crippen LogP contribution in [0, 0.1) is 5.82 Å². The normalized spacial score (nSPS) is 16.2. The molecule has 2 nitrogen and oxygen atoms in total. The first kappa shape index (κ1) is 10.9. The van der Waals surface area contributed by atoms with Crippen molar-refractivity contribution in [3.8, 4) is 5.75 Å². The second-order valence-electron chi connectivity index (χ2n) is 3.73. The Morgan fingerprint density at radius 2 is 2.20 bits per heavy atom. The zero-order valence-electron chi connectivity index (χ0n) is 8.30. The Kier molecular flexibility index (Phi) is 3.26. The predicted molar refractivity (Wildman–Crippen MR) is 60.3 cm³/mol. The van der Waals surface area contributed by atoms with Gasteiger partial charge in [0.25, 0.3) is 0 Å². The molecule has 2 N–H and O–H groups in total. The van der Waals surface area contributed by atoms with E-state index in [2.05, 4.69) is 15.9 Å². The number of benzene rings is 1. The molecule has 0 unspecified atom stereocenters. The van der Waals surface area contributed by atoms with Crippen molar-refractivity contribution in [3.05, 3.63) is 28.0 Å². The van der Waals surface area contributed by atoms with Gasteiger partial charge in [-0.1, -0.05) is 6.07 Å². The first-order valence-electron chi connectivity index (χ1n) is 5.06. The van der Waals surface area contributed by atoms with Crippen molar-refractivity contribution in [2.75, 3.05) is 0 Å². The quantitative estimate of drug-likeness (QED) is 0.919. The predicted octanol–water partition coefficient (Wildman–Crippen LogP) is 2.98. The topological polar surface area (TPSA) is 35.2 Å². The number of nitrogens with two attached hydrogens (primary N) is 1. The molecule has 1 aliphatic carbocycles. The molecule has 1 aromatic rings. The summed E-state index contributed by atoms with van der Waals surface area (Å²) < 4.78 is 19.7. The van der Waals surface area contributed by atoms with Crippen LogP contribution in [0.5, 0.6) is 5.75 Å². The molecule has 2 rings (SSSR count). The molecule has 1 aromatic carbocycles. The van der Waals surface area contributed by atoms with Gasteiger partial charge in [-0.05, 0) is 46.8 Å². The Morgan fingerprint density at radius 3 is 2.73 bits per heavy atom. The van der Waals surface area contributed by atoms with E-state index < -0.39 is 0 Å². The van der Waals surface area contributed by atoms with Gasteiger partial charge in [-0.25, -0.2) is 4.39 Å². The lowest BCUT2D eigenvalue weighted by Crippen LogP contribution is -2.25. The molecule has 4 heteroatoms. The lowest BCUT2D eigenvalue weighted by atomic mass is 9.96. The number of halogens is 2. The standard InChI is InChI=1S/C11H13BrFNO/c12-10-7(6-14)4-5-9(11(10)13)15-8-2-1-3-8/h4-5,8H,1-3,6,14H2. The fourth-order valence-corrected chi connectivity index (χ4v) is 1.98. The van der Waals surface area contributed by atoms with Crippen LogP contribution in [0.15, 0.2) is 16.6 Å². The lowest BCUT2D eigenvalue weighted by molar-refractivity contribution is 0.115. The summed E-state index contributed by atoms with van der Waals surface area (Å²) in [6.07, 6.45) is 3.41. The van der Waals surface area contributed by atoms with E-state index in [0.717, 1.165) is 18.4 Å². The molecular weight excluding hydrogens is 261 g/mol. The molecule has 0 bridgehead atoms. The van der Waals surface area contributed by atoms with E-state index in [-0.39, 0.29) is 11.9 Å². The lowest BCUT2D eigenvalue weighted by Gasteiger charge is -2.26. The number of rotatable bonds is 3. The molecule has 0 saturated heterocycles. The fourth-order valence-electron chi connectivity index (χ4n) is 1.49. The van der Waals surface area contributed by atoms with E-state index in [0.29, 0.717) is 16.8 Å². The van der Waals surface area contributed by atoms with Crippen molar-refractivity contribution in [2.45, 2.75) is 31.9 Å². The minimum Gasteiger partial charge on any atom is -0.487 e. The fraction of sp³-hybridized carbons (Fsp3) is 0.455. The second kappa shape index (κ2) is 4.49. The number of hydrogen-bond acceptors (Lipinski definition) is 2. The molecule has 1 aliphatic rings. The Hall–Kier alpha value is -0.610. The van der Waals surface area contributed by atoms with Gasteiger partial charge in [0.05, 0.1) is 10.6 Å². The van der Waals surface area contributed by atoms with Crippen LogP contribution < -0.4 is 10.5 Å². The van der Waals surface area contributed by atoms with Crippen LogP contribution >= 0.6 is 15.9 Å². The highest BCUT2D eigenvalue weighted by molar-refractivity contribution is 9.10. The van der Waals surface area contributed by atoms with E-state index in [1.807, 2.05) is 0 Å². The third-order valence-corrected chi connectivity index (χ3v) is 3.55. The number of hydrogen-bond donors (Lipinski definition) is 1. The maximum atomic E-state index is 13.7. The van der Waals surface area contributed by atoms with Gasteiger partial charge in [0.15, 0.2) is 11.6 Å². The van der Waals surface area contributed by atoms with Crippen molar-refractivity contribution in [2.24, 2.45) is 5.73 Å². The molecule has 0 spiro atoms. The highest BCUT2D eigenvalue weighted by Gasteiger charge is 2.21. The highest BCUT2D eigenvalue weighted by Crippen LogP contribution is 2.32. The summed E-state index contributed by atoms with van der Waals surface area (Å²) >= 11 is 3.19. The second-order valence-corrected chi connectivity index (χ2v) is 4.52. The average molecular weight is 274 g/mol. The molecular formula is C11H13BrFNO. The van der Waals surface area contributed by atoms with Crippen molar-refractivity contribution in [1.29, 1.82) is 0 Å². The van der Waals surface area contributed by atoms with Crippen LogP contribution in [-0.4, -0.2) is 6.10 Å². The van der Waals surface area contributed by atoms with Gasteiger partial charge in [0.2, 0.25) is 0 Å². The van der Waals surface area contributed by atoms with Crippen LogP contribution in [0.2, 0.25) is 0 Å². The van der Waals surface area contributed by atoms with Gasteiger partial charge in [0, 0.05) is 6.54 Å². The van der Waals surface area contributed by atoms with Gasteiger partial charge >= 0.3 is 0 Å². The third-order valence-electron chi connectivity index (χ3n) is 2.69. The summed E-state index contributed by atoms with van der Waals surface area (Å²) in [6, 6.07) is 3.45. The molecule has 0 aromatic heterocycles. The molecule has 0 amide bonds. The first-order chi connectivity index (χ1) is 7.22. The van der Waals surface area contributed by atoms with Crippen molar-refractivity contribution < 1.29 is 9.13 Å². The van der Waals surface area contributed by atoms with E-state index >= 15 is 0 Å². The van der Waals surface area contributed by atoms with Crippen molar-refractivity contribution in [3.63, 3.8) is 0 Å².